The lowest BCUT2D eigenvalue weighted by Crippen LogP contribution is -2.46. The molecule has 3 heterocycles. The summed E-state index contributed by atoms with van der Waals surface area (Å²) in [6.45, 7) is 4.78. The molecule has 0 bridgehead atoms. The number of benzene rings is 1. The van der Waals surface area contributed by atoms with Gasteiger partial charge in [0.15, 0.2) is 0 Å². The molecule has 6 nitrogen and oxygen atoms in total. The minimum absolute atomic E-state index is 0.0548. The highest BCUT2D eigenvalue weighted by Crippen LogP contribution is 2.20. The van der Waals surface area contributed by atoms with Gasteiger partial charge in [0.25, 0.3) is 0 Å². The van der Waals surface area contributed by atoms with Crippen molar-refractivity contribution in [2.24, 2.45) is 0 Å². The second-order valence-corrected chi connectivity index (χ2v) is 7.28. The molecule has 0 spiro atoms. The number of nitrogens with one attached hydrogen (secondary N) is 1. The second-order valence-electron chi connectivity index (χ2n) is 7.28. The molecule has 2 saturated heterocycles. The second kappa shape index (κ2) is 7.91. The molecule has 1 N–H and O–H groups in total. The summed E-state index contributed by atoms with van der Waals surface area (Å²) in [5, 5.41) is 7.47. The Morgan fingerprint density at radius 2 is 1.92 bits per heavy atom. The van der Waals surface area contributed by atoms with Crippen molar-refractivity contribution in [2.75, 3.05) is 26.2 Å². The zero-order chi connectivity index (χ0) is 17.8. The smallest absolute Gasteiger partial charge is 0.317 e. The normalized spacial score (nSPS) is 20.6. The van der Waals surface area contributed by atoms with Crippen molar-refractivity contribution in [3.05, 3.63) is 48.3 Å². The van der Waals surface area contributed by atoms with Crippen LogP contribution < -0.4 is 5.32 Å². The summed E-state index contributed by atoms with van der Waals surface area (Å²) in [4.78, 5) is 17.2. The van der Waals surface area contributed by atoms with Gasteiger partial charge in [0.1, 0.15) is 0 Å². The van der Waals surface area contributed by atoms with E-state index in [0.29, 0.717) is 12.6 Å². The van der Waals surface area contributed by atoms with Gasteiger partial charge in [-0.3, -0.25) is 0 Å². The number of hydrogen-bond donors (Lipinski definition) is 1. The van der Waals surface area contributed by atoms with Gasteiger partial charge in [-0.2, -0.15) is 5.10 Å². The largest absolute Gasteiger partial charge is 0.334 e. The molecule has 2 amide bonds. The molecule has 1 atom stereocenters. The Kier molecular flexibility index (Phi) is 5.20. The Morgan fingerprint density at radius 1 is 1.12 bits per heavy atom. The summed E-state index contributed by atoms with van der Waals surface area (Å²) in [5.74, 6) is 0. The molecule has 2 fully saturated rings. The maximum atomic E-state index is 12.6. The Morgan fingerprint density at radius 3 is 2.73 bits per heavy atom. The molecule has 6 heteroatoms. The molecule has 4 rings (SSSR count). The van der Waals surface area contributed by atoms with E-state index in [1.165, 1.54) is 25.9 Å². The summed E-state index contributed by atoms with van der Waals surface area (Å²) >= 11 is 0. The van der Waals surface area contributed by atoms with Crippen LogP contribution in [0.4, 0.5) is 4.79 Å². The molecule has 138 valence electrons. The number of nitrogens with zero attached hydrogens (tertiary/aromatic N) is 4. The molecule has 1 aromatic heterocycles. The van der Waals surface area contributed by atoms with E-state index < -0.39 is 0 Å². The maximum absolute atomic E-state index is 12.6. The average molecular weight is 353 g/mol. The Hall–Kier alpha value is -2.34. The van der Waals surface area contributed by atoms with E-state index in [1.54, 1.807) is 0 Å². The molecular formula is C20H27N5O. The minimum Gasteiger partial charge on any atom is -0.334 e. The van der Waals surface area contributed by atoms with Crippen molar-refractivity contribution in [1.29, 1.82) is 0 Å². The highest BCUT2D eigenvalue weighted by molar-refractivity contribution is 5.74. The monoisotopic (exact) mass is 353 g/mol. The highest BCUT2D eigenvalue weighted by atomic mass is 16.2. The Labute approximate surface area is 154 Å². The lowest BCUT2D eigenvalue weighted by atomic mass is 10.2. The van der Waals surface area contributed by atoms with Crippen molar-refractivity contribution in [1.82, 2.24) is 24.9 Å². The fraction of sp³-hybridized carbons (Fsp3) is 0.500. The van der Waals surface area contributed by atoms with Gasteiger partial charge >= 0.3 is 6.03 Å². The van der Waals surface area contributed by atoms with Crippen molar-refractivity contribution < 1.29 is 4.79 Å². The van der Waals surface area contributed by atoms with E-state index >= 15 is 0 Å². The van der Waals surface area contributed by atoms with Crippen LogP contribution in [-0.4, -0.2) is 57.8 Å². The number of aromatic nitrogens is 2. The number of amides is 2. The van der Waals surface area contributed by atoms with Gasteiger partial charge in [-0.05, 0) is 50.9 Å². The first-order chi connectivity index (χ1) is 12.8. The SMILES string of the molecule is O=C(NCc1cnn(-c2ccccc2)c1)N1CCCC1CN1CCCC1. The van der Waals surface area contributed by atoms with E-state index in [9.17, 15) is 4.79 Å². The van der Waals surface area contributed by atoms with Crippen molar-refractivity contribution in [2.45, 2.75) is 38.3 Å². The molecule has 2 aliphatic rings. The summed E-state index contributed by atoms with van der Waals surface area (Å²) in [6, 6.07) is 10.4. The number of para-hydroxylation sites is 1. The van der Waals surface area contributed by atoms with Gasteiger partial charge < -0.3 is 15.1 Å². The van der Waals surface area contributed by atoms with Crippen LogP contribution in [-0.2, 0) is 6.54 Å². The van der Waals surface area contributed by atoms with Crippen molar-refractivity contribution >= 4 is 6.03 Å². The highest BCUT2D eigenvalue weighted by Gasteiger charge is 2.30. The Bertz CT molecular complexity index is 723. The van der Waals surface area contributed by atoms with E-state index in [1.807, 2.05) is 52.3 Å². The summed E-state index contributed by atoms with van der Waals surface area (Å²) in [7, 11) is 0. The maximum Gasteiger partial charge on any atom is 0.317 e. The van der Waals surface area contributed by atoms with Gasteiger partial charge in [-0.25, -0.2) is 9.48 Å². The molecular weight excluding hydrogens is 326 g/mol. The van der Waals surface area contributed by atoms with Crippen LogP contribution in [0.15, 0.2) is 42.7 Å². The molecule has 0 saturated carbocycles. The lowest BCUT2D eigenvalue weighted by Gasteiger charge is -2.28. The fourth-order valence-electron chi connectivity index (χ4n) is 4.01. The number of carbonyl (C=O) groups excluding carboxylic acids is 1. The van der Waals surface area contributed by atoms with Crippen LogP contribution in [0, 0.1) is 0 Å². The van der Waals surface area contributed by atoms with Gasteiger partial charge in [0.2, 0.25) is 0 Å². The van der Waals surface area contributed by atoms with Crippen LogP contribution in [0.3, 0.4) is 0 Å². The van der Waals surface area contributed by atoms with E-state index in [-0.39, 0.29) is 6.03 Å². The van der Waals surface area contributed by atoms with Crippen LogP contribution in [0.5, 0.6) is 0 Å². The molecule has 0 aliphatic carbocycles. The zero-order valence-corrected chi connectivity index (χ0v) is 15.2. The third-order valence-electron chi connectivity index (χ3n) is 5.41. The summed E-state index contributed by atoms with van der Waals surface area (Å²) in [5.41, 5.74) is 2.03. The molecule has 0 radical (unpaired) electrons. The molecule has 26 heavy (non-hydrogen) atoms. The van der Waals surface area contributed by atoms with E-state index in [4.69, 9.17) is 0 Å². The van der Waals surface area contributed by atoms with Crippen LogP contribution in [0.1, 0.15) is 31.2 Å². The molecule has 1 unspecified atom stereocenters. The standard InChI is InChI=1S/C20H27N5O/c26-20(24-12-6-9-19(24)16-23-10-4-5-11-23)21-13-17-14-22-25(15-17)18-7-2-1-3-8-18/h1-3,7-8,14-15,19H,4-6,9-13,16H2,(H,21,26). The summed E-state index contributed by atoms with van der Waals surface area (Å²) in [6.07, 6.45) is 8.61. The van der Waals surface area contributed by atoms with E-state index in [0.717, 1.165) is 37.2 Å². The third-order valence-corrected chi connectivity index (χ3v) is 5.41. The first kappa shape index (κ1) is 17.1. The Balaban J connectivity index is 1.31. The predicted octanol–water partition coefficient (Wildman–Crippen LogP) is 2.64. The van der Waals surface area contributed by atoms with Crippen LogP contribution in [0.2, 0.25) is 0 Å². The number of carbonyl (C=O) groups is 1. The fourth-order valence-corrected chi connectivity index (χ4v) is 4.01. The zero-order valence-electron chi connectivity index (χ0n) is 15.2. The predicted molar refractivity (Wildman–Crippen MR) is 101 cm³/mol. The average Bonchev–Trinajstić information content (AvgIpc) is 3.43. The number of hydrogen-bond acceptors (Lipinski definition) is 3. The van der Waals surface area contributed by atoms with Gasteiger partial charge in [-0.1, -0.05) is 18.2 Å². The first-order valence-electron chi connectivity index (χ1n) is 9.65. The number of likely N-dealkylation sites (tertiary alicyclic amines) is 2. The number of rotatable bonds is 5. The van der Waals surface area contributed by atoms with Crippen molar-refractivity contribution in [3.63, 3.8) is 0 Å². The quantitative estimate of drug-likeness (QED) is 0.899. The number of urea groups is 1. The molecule has 2 aliphatic heterocycles. The van der Waals surface area contributed by atoms with Gasteiger partial charge in [0.05, 0.1) is 11.9 Å². The minimum atomic E-state index is 0.0548. The molecule has 2 aromatic rings. The first-order valence-corrected chi connectivity index (χ1v) is 9.65. The third kappa shape index (κ3) is 3.90. The van der Waals surface area contributed by atoms with Crippen LogP contribution >= 0.6 is 0 Å². The lowest BCUT2D eigenvalue weighted by molar-refractivity contribution is 0.174. The summed E-state index contributed by atoms with van der Waals surface area (Å²) < 4.78 is 1.84. The van der Waals surface area contributed by atoms with Gasteiger partial charge in [0, 0.05) is 37.4 Å². The van der Waals surface area contributed by atoms with Gasteiger partial charge in [-0.15, -0.1) is 0 Å². The van der Waals surface area contributed by atoms with Crippen molar-refractivity contribution in [3.8, 4) is 5.69 Å². The van der Waals surface area contributed by atoms with E-state index in [2.05, 4.69) is 15.3 Å². The van der Waals surface area contributed by atoms with Crippen LogP contribution in [0.25, 0.3) is 5.69 Å². The topological polar surface area (TPSA) is 53.4 Å². The molecule has 1 aromatic carbocycles.